The third-order valence-corrected chi connectivity index (χ3v) is 2.47. The Hall–Kier alpha value is -1.18. The fraction of sp³-hybridized carbons (Fsp3) is 0.500. The molecule has 1 aliphatic rings. The predicted molar refractivity (Wildman–Crippen MR) is 58.8 cm³/mol. The lowest BCUT2D eigenvalue weighted by Crippen LogP contribution is -2.05. The monoisotopic (exact) mass is 191 g/mol. The summed E-state index contributed by atoms with van der Waals surface area (Å²) in [5, 5.41) is 3.44. The van der Waals surface area contributed by atoms with Gasteiger partial charge in [0.15, 0.2) is 0 Å². The summed E-state index contributed by atoms with van der Waals surface area (Å²) in [6.45, 7) is 3.82. The Morgan fingerprint density at radius 2 is 2.14 bits per heavy atom. The van der Waals surface area contributed by atoms with E-state index >= 15 is 0 Å². The van der Waals surface area contributed by atoms with Gasteiger partial charge in [-0.15, -0.1) is 0 Å². The maximum atomic E-state index is 5.53. The van der Waals surface area contributed by atoms with Crippen molar-refractivity contribution in [2.24, 2.45) is 5.92 Å². The van der Waals surface area contributed by atoms with Crippen LogP contribution in [0.15, 0.2) is 24.3 Å². The summed E-state index contributed by atoms with van der Waals surface area (Å²) in [4.78, 5) is 0. The van der Waals surface area contributed by atoms with Gasteiger partial charge in [-0.2, -0.15) is 0 Å². The van der Waals surface area contributed by atoms with Gasteiger partial charge in [-0.05, 0) is 37.8 Å². The zero-order valence-corrected chi connectivity index (χ0v) is 8.62. The Morgan fingerprint density at radius 1 is 1.36 bits per heavy atom. The van der Waals surface area contributed by atoms with E-state index in [0.717, 1.165) is 30.5 Å². The van der Waals surface area contributed by atoms with Crippen LogP contribution in [0.2, 0.25) is 0 Å². The third-order valence-electron chi connectivity index (χ3n) is 2.47. The van der Waals surface area contributed by atoms with Gasteiger partial charge in [-0.1, -0.05) is 12.1 Å². The molecule has 1 N–H and O–H groups in total. The lowest BCUT2D eigenvalue weighted by atomic mass is 10.3. The van der Waals surface area contributed by atoms with Gasteiger partial charge in [-0.3, -0.25) is 0 Å². The number of rotatable bonds is 5. The molecular weight excluding hydrogens is 174 g/mol. The molecule has 2 rings (SSSR count). The molecule has 0 aliphatic heterocycles. The minimum absolute atomic E-state index is 0.724. The SMILES string of the molecule is CCOc1ccccc1NCC1CC1. The van der Waals surface area contributed by atoms with Gasteiger partial charge in [0.05, 0.1) is 12.3 Å². The van der Waals surface area contributed by atoms with E-state index in [1.165, 1.54) is 12.8 Å². The molecule has 1 aliphatic carbocycles. The minimum atomic E-state index is 0.724. The summed E-state index contributed by atoms with van der Waals surface area (Å²) < 4.78 is 5.53. The standard InChI is InChI=1S/C12H17NO/c1-2-14-12-6-4-3-5-11(12)13-9-10-7-8-10/h3-6,10,13H,2,7-9H2,1H3. The van der Waals surface area contributed by atoms with E-state index in [4.69, 9.17) is 4.74 Å². The molecule has 0 spiro atoms. The van der Waals surface area contributed by atoms with E-state index < -0.39 is 0 Å². The highest BCUT2D eigenvalue weighted by atomic mass is 16.5. The first-order chi connectivity index (χ1) is 6.90. The van der Waals surface area contributed by atoms with E-state index in [2.05, 4.69) is 11.4 Å². The Morgan fingerprint density at radius 3 is 2.86 bits per heavy atom. The van der Waals surface area contributed by atoms with E-state index in [9.17, 15) is 0 Å². The number of ether oxygens (including phenoxy) is 1. The summed E-state index contributed by atoms with van der Waals surface area (Å²) in [7, 11) is 0. The van der Waals surface area contributed by atoms with Crippen molar-refractivity contribution in [1.82, 2.24) is 0 Å². The number of anilines is 1. The zero-order chi connectivity index (χ0) is 9.80. The number of hydrogen-bond donors (Lipinski definition) is 1. The molecule has 1 saturated carbocycles. The minimum Gasteiger partial charge on any atom is -0.492 e. The van der Waals surface area contributed by atoms with E-state index in [-0.39, 0.29) is 0 Å². The Kier molecular flexibility index (Phi) is 2.92. The largest absolute Gasteiger partial charge is 0.492 e. The second-order valence-corrected chi connectivity index (χ2v) is 3.75. The van der Waals surface area contributed by atoms with Crippen molar-refractivity contribution < 1.29 is 4.74 Å². The van der Waals surface area contributed by atoms with Crippen molar-refractivity contribution in [3.8, 4) is 5.75 Å². The smallest absolute Gasteiger partial charge is 0.142 e. The van der Waals surface area contributed by atoms with Crippen molar-refractivity contribution in [2.75, 3.05) is 18.5 Å². The molecule has 1 aromatic carbocycles. The first-order valence-electron chi connectivity index (χ1n) is 5.36. The van der Waals surface area contributed by atoms with Gasteiger partial charge in [0, 0.05) is 6.54 Å². The van der Waals surface area contributed by atoms with Crippen LogP contribution in [0.25, 0.3) is 0 Å². The lowest BCUT2D eigenvalue weighted by Gasteiger charge is -2.11. The Labute approximate surface area is 85.3 Å². The van der Waals surface area contributed by atoms with Crippen molar-refractivity contribution in [3.05, 3.63) is 24.3 Å². The number of hydrogen-bond acceptors (Lipinski definition) is 2. The van der Waals surface area contributed by atoms with Crippen molar-refractivity contribution in [1.29, 1.82) is 0 Å². The van der Waals surface area contributed by atoms with Crippen LogP contribution in [0.5, 0.6) is 5.75 Å². The van der Waals surface area contributed by atoms with Gasteiger partial charge in [0.2, 0.25) is 0 Å². The number of benzene rings is 1. The first-order valence-corrected chi connectivity index (χ1v) is 5.36. The third kappa shape index (κ3) is 2.41. The van der Waals surface area contributed by atoms with Gasteiger partial charge >= 0.3 is 0 Å². The molecule has 0 heterocycles. The zero-order valence-electron chi connectivity index (χ0n) is 8.62. The van der Waals surface area contributed by atoms with Gasteiger partial charge in [0.1, 0.15) is 5.75 Å². The molecule has 0 saturated heterocycles. The molecule has 76 valence electrons. The normalized spacial score (nSPS) is 15.2. The van der Waals surface area contributed by atoms with Gasteiger partial charge in [-0.25, -0.2) is 0 Å². The van der Waals surface area contributed by atoms with Crippen molar-refractivity contribution in [3.63, 3.8) is 0 Å². The van der Waals surface area contributed by atoms with Crippen LogP contribution >= 0.6 is 0 Å². The molecule has 2 heteroatoms. The highest BCUT2D eigenvalue weighted by molar-refractivity contribution is 5.56. The summed E-state index contributed by atoms with van der Waals surface area (Å²) in [6, 6.07) is 8.14. The molecule has 0 bridgehead atoms. The second-order valence-electron chi connectivity index (χ2n) is 3.75. The lowest BCUT2D eigenvalue weighted by molar-refractivity contribution is 0.341. The van der Waals surface area contributed by atoms with E-state index in [1.807, 2.05) is 25.1 Å². The molecule has 0 unspecified atom stereocenters. The topological polar surface area (TPSA) is 21.3 Å². The van der Waals surface area contributed by atoms with Crippen LogP contribution < -0.4 is 10.1 Å². The van der Waals surface area contributed by atoms with Crippen LogP contribution in [0.1, 0.15) is 19.8 Å². The van der Waals surface area contributed by atoms with E-state index in [1.54, 1.807) is 0 Å². The maximum Gasteiger partial charge on any atom is 0.142 e. The molecule has 0 amide bonds. The summed E-state index contributed by atoms with van der Waals surface area (Å²) in [6.07, 6.45) is 2.76. The molecule has 2 nitrogen and oxygen atoms in total. The predicted octanol–water partition coefficient (Wildman–Crippen LogP) is 2.91. The van der Waals surface area contributed by atoms with Gasteiger partial charge < -0.3 is 10.1 Å². The highest BCUT2D eigenvalue weighted by Crippen LogP contribution is 2.31. The number of nitrogens with one attached hydrogen (secondary N) is 1. The van der Waals surface area contributed by atoms with Gasteiger partial charge in [0.25, 0.3) is 0 Å². The quantitative estimate of drug-likeness (QED) is 0.772. The maximum absolute atomic E-state index is 5.53. The molecule has 0 radical (unpaired) electrons. The van der Waals surface area contributed by atoms with Crippen LogP contribution in [-0.2, 0) is 0 Å². The van der Waals surface area contributed by atoms with Crippen LogP contribution in [0.4, 0.5) is 5.69 Å². The van der Waals surface area contributed by atoms with Crippen molar-refractivity contribution in [2.45, 2.75) is 19.8 Å². The molecule has 14 heavy (non-hydrogen) atoms. The van der Waals surface area contributed by atoms with Crippen LogP contribution in [0.3, 0.4) is 0 Å². The Balaban J connectivity index is 1.97. The Bertz CT molecular complexity index is 294. The summed E-state index contributed by atoms with van der Waals surface area (Å²) in [5.74, 6) is 1.86. The second kappa shape index (κ2) is 4.36. The molecule has 0 aromatic heterocycles. The van der Waals surface area contributed by atoms with Crippen LogP contribution in [-0.4, -0.2) is 13.2 Å². The molecule has 1 fully saturated rings. The summed E-state index contributed by atoms with van der Waals surface area (Å²) >= 11 is 0. The molecule has 1 aromatic rings. The van der Waals surface area contributed by atoms with Crippen LogP contribution in [0, 0.1) is 5.92 Å². The molecular formula is C12H17NO. The average molecular weight is 191 g/mol. The van der Waals surface area contributed by atoms with Crippen molar-refractivity contribution >= 4 is 5.69 Å². The first kappa shape index (κ1) is 9.38. The number of para-hydroxylation sites is 2. The van der Waals surface area contributed by atoms with E-state index in [0.29, 0.717) is 0 Å². The summed E-state index contributed by atoms with van der Waals surface area (Å²) in [5.41, 5.74) is 1.13. The fourth-order valence-corrected chi connectivity index (χ4v) is 1.47. The highest BCUT2D eigenvalue weighted by Gasteiger charge is 2.20. The average Bonchev–Trinajstić information content (AvgIpc) is 3.01. The molecule has 0 atom stereocenters. The fourth-order valence-electron chi connectivity index (χ4n) is 1.47.